The second-order valence-electron chi connectivity index (χ2n) is 2.02. The van der Waals surface area contributed by atoms with Gasteiger partial charge in [-0.25, -0.2) is 0 Å². The SMILES string of the molecule is O=C[C@H]1C[C@H](O)C1. The Morgan fingerprint density at radius 3 is 2.29 bits per heavy atom. The van der Waals surface area contributed by atoms with Gasteiger partial charge in [0, 0.05) is 5.92 Å². The summed E-state index contributed by atoms with van der Waals surface area (Å²) in [6, 6.07) is 0. The second kappa shape index (κ2) is 1.62. The van der Waals surface area contributed by atoms with Crippen LogP contribution in [0.25, 0.3) is 0 Å². The molecule has 0 heterocycles. The van der Waals surface area contributed by atoms with Crippen LogP contribution in [-0.2, 0) is 4.79 Å². The molecule has 0 aliphatic heterocycles. The summed E-state index contributed by atoms with van der Waals surface area (Å²) >= 11 is 0. The number of carbonyl (C=O) groups is 1. The maximum absolute atomic E-state index is 9.82. The van der Waals surface area contributed by atoms with Crippen LogP contribution in [0.4, 0.5) is 0 Å². The van der Waals surface area contributed by atoms with Gasteiger partial charge in [-0.3, -0.25) is 0 Å². The van der Waals surface area contributed by atoms with Gasteiger partial charge in [-0.2, -0.15) is 0 Å². The Balaban J connectivity index is 2.17. The third kappa shape index (κ3) is 0.800. The lowest BCUT2D eigenvalue weighted by Gasteiger charge is -2.25. The smallest absolute Gasteiger partial charge is 0.123 e. The molecule has 0 saturated heterocycles. The molecule has 0 aromatic rings. The second-order valence-corrected chi connectivity index (χ2v) is 2.02. The zero-order valence-corrected chi connectivity index (χ0v) is 4.00. The third-order valence-corrected chi connectivity index (χ3v) is 1.34. The molecule has 2 nitrogen and oxygen atoms in total. The van der Waals surface area contributed by atoms with E-state index < -0.39 is 0 Å². The number of aldehydes is 1. The first-order valence-electron chi connectivity index (χ1n) is 2.46. The summed E-state index contributed by atoms with van der Waals surface area (Å²) in [6.45, 7) is 0. The lowest BCUT2D eigenvalue weighted by molar-refractivity contribution is -0.116. The Hall–Kier alpha value is -0.370. The molecule has 0 spiro atoms. The summed E-state index contributed by atoms with van der Waals surface area (Å²) in [6.07, 6.45) is 2.09. The molecule has 1 aliphatic carbocycles. The van der Waals surface area contributed by atoms with Crippen LogP contribution in [-0.4, -0.2) is 17.5 Å². The monoisotopic (exact) mass is 100 g/mol. The minimum Gasteiger partial charge on any atom is -0.393 e. The summed E-state index contributed by atoms with van der Waals surface area (Å²) in [4.78, 5) is 9.82. The van der Waals surface area contributed by atoms with Crippen LogP contribution < -0.4 is 0 Å². The molecule has 1 rings (SSSR count). The average Bonchev–Trinajstić information content (AvgIpc) is 1.58. The van der Waals surface area contributed by atoms with Crippen LogP contribution >= 0.6 is 0 Å². The summed E-state index contributed by atoms with van der Waals surface area (Å²) in [7, 11) is 0. The highest BCUT2D eigenvalue weighted by molar-refractivity contribution is 5.55. The van der Waals surface area contributed by atoms with Crippen LogP contribution in [0.3, 0.4) is 0 Å². The van der Waals surface area contributed by atoms with Crippen molar-refractivity contribution in [3.05, 3.63) is 0 Å². The molecule has 0 atom stereocenters. The van der Waals surface area contributed by atoms with Gasteiger partial charge in [0.25, 0.3) is 0 Å². The molecule has 1 aliphatic rings. The van der Waals surface area contributed by atoms with Gasteiger partial charge in [-0.15, -0.1) is 0 Å². The molecule has 2 heteroatoms. The van der Waals surface area contributed by atoms with E-state index in [1.807, 2.05) is 0 Å². The molecule has 0 aromatic carbocycles. The van der Waals surface area contributed by atoms with E-state index in [9.17, 15) is 4.79 Å². The fourth-order valence-corrected chi connectivity index (χ4v) is 0.741. The first-order chi connectivity index (χ1) is 3.33. The van der Waals surface area contributed by atoms with Crippen LogP contribution in [0.5, 0.6) is 0 Å². The van der Waals surface area contributed by atoms with Gasteiger partial charge in [-0.1, -0.05) is 0 Å². The fraction of sp³-hybridized carbons (Fsp3) is 0.800. The lowest BCUT2D eigenvalue weighted by Crippen LogP contribution is -2.28. The predicted molar refractivity (Wildman–Crippen MR) is 24.8 cm³/mol. The van der Waals surface area contributed by atoms with Crippen molar-refractivity contribution < 1.29 is 9.90 Å². The van der Waals surface area contributed by atoms with E-state index in [1.54, 1.807) is 0 Å². The van der Waals surface area contributed by atoms with Gasteiger partial charge < -0.3 is 9.90 Å². The van der Waals surface area contributed by atoms with E-state index in [2.05, 4.69) is 0 Å². The van der Waals surface area contributed by atoms with Gasteiger partial charge in [0.15, 0.2) is 0 Å². The van der Waals surface area contributed by atoms with E-state index in [0.29, 0.717) is 12.8 Å². The summed E-state index contributed by atoms with van der Waals surface area (Å²) in [5.41, 5.74) is 0. The number of hydrogen-bond donors (Lipinski definition) is 1. The highest BCUT2D eigenvalue weighted by Gasteiger charge is 2.25. The maximum atomic E-state index is 9.82. The Morgan fingerprint density at radius 1 is 1.57 bits per heavy atom. The number of aliphatic hydroxyl groups excluding tert-OH is 1. The van der Waals surface area contributed by atoms with Crippen molar-refractivity contribution in [1.82, 2.24) is 0 Å². The number of aliphatic hydroxyl groups is 1. The topological polar surface area (TPSA) is 37.3 Å². The molecule has 0 unspecified atom stereocenters. The van der Waals surface area contributed by atoms with E-state index >= 15 is 0 Å². The Kier molecular flexibility index (Phi) is 1.11. The summed E-state index contributed by atoms with van der Waals surface area (Å²) in [5, 5.41) is 8.59. The average molecular weight is 100 g/mol. The minimum atomic E-state index is -0.185. The Bertz CT molecular complexity index is 74.1. The number of rotatable bonds is 1. The largest absolute Gasteiger partial charge is 0.393 e. The minimum absolute atomic E-state index is 0.162. The van der Waals surface area contributed by atoms with Crippen molar-refractivity contribution >= 4 is 6.29 Å². The summed E-state index contributed by atoms with van der Waals surface area (Å²) in [5.74, 6) is 0.162. The molecule has 0 radical (unpaired) electrons. The quantitative estimate of drug-likeness (QED) is 0.469. The predicted octanol–water partition coefficient (Wildman–Crippen LogP) is -0.0438. The number of hydrogen-bond acceptors (Lipinski definition) is 2. The van der Waals surface area contributed by atoms with E-state index in [0.717, 1.165) is 6.29 Å². The van der Waals surface area contributed by atoms with Crippen molar-refractivity contribution in [2.75, 3.05) is 0 Å². The van der Waals surface area contributed by atoms with Gasteiger partial charge in [0.05, 0.1) is 6.10 Å². The molecule has 0 bridgehead atoms. The maximum Gasteiger partial charge on any atom is 0.123 e. The Morgan fingerprint density at radius 2 is 2.14 bits per heavy atom. The normalized spacial score (nSPS) is 39.6. The van der Waals surface area contributed by atoms with Crippen LogP contribution in [0.2, 0.25) is 0 Å². The highest BCUT2D eigenvalue weighted by atomic mass is 16.3. The molecular formula is C5H8O2. The molecule has 1 fully saturated rings. The van der Waals surface area contributed by atoms with Crippen LogP contribution in [0.15, 0.2) is 0 Å². The van der Waals surface area contributed by atoms with Crippen LogP contribution in [0, 0.1) is 5.92 Å². The fourth-order valence-electron chi connectivity index (χ4n) is 0.741. The molecule has 0 amide bonds. The van der Waals surface area contributed by atoms with Crippen molar-refractivity contribution in [3.63, 3.8) is 0 Å². The first kappa shape index (κ1) is 4.78. The lowest BCUT2D eigenvalue weighted by atomic mass is 9.84. The van der Waals surface area contributed by atoms with Crippen molar-refractivity contribution in [2.45, 2.75) is 18.9 Å². The van der Waals surface area contributed by atoms with Crippen LogP contribution in [0.1, 0.15) is 12.8 Å². The zero-order valence-electron chi connectivity index (χ0n) is 4.00. The molecule has 7 heavy (non-hydrogen) atoms. The van der Waals surface area contributed by atoms with Crippen molar-refractivity contribution in [1.29, 1.82) is 0 Å². The molecule has 40 valence electrons. The molecular weight excluding hydrogens is 92.1 g/mol. The third-order valence-electron chi connectivity index (χ3n) is 1.34. The van der Waals surface area contributed by atoms with E-state index in [-0.39, 0.29) is 12.0 Å². The zero-order chi connectivity index (χ0) is 5.28. The van der Waals surface area contributed by atoms with Crippen molar-refractivity contribution in [2.24, 2.45) is 5.92 Å². The van der Waals surface area contributed by atoms with Gasteiger partial charge in [-0.05, 0) is 12.8 Å². The standard InChI is InChI=1S/C5H8O2/c6-3-4-1-5(7)2-4/h3-5,7H,1-2H2/t4-,5-. The summed E-state index contributed by atoms with van der Waals surface area (Å²) < 4.78 is 0. The highest BCUT2D eigenvalue weighted by Crippen LogP contribution is 2.24. The van der Waals surface area contributed by atoms with Crippen molar-refractivity contribution in [3.8, 4) is 0 Å². The first-order valence-corrected chi connectivity index (χ1v) is 2.46. The Labute approximate surface area is 42.1 Å². The number of carbonyl (C=O) groups excluding carboxylic acids is 1. The molecule has 1 N–H and O–H groups in total. The van der Waals surface area contributed by atoms with Gasteiger partial charge in [0.2, 0.25) is 0 Å². The van der Waals surface area contributed by atoms with Gasteiger partial charge >= 0.3 is 0 Å². The van der Waals surface area contributed by atoms with E-state index in [4.69, 9.17) is 5.11 Å². The van der Waals surface area contributed by atoms with Gasteiger partial charge in [0.1, 0.15) is 6.29 Å². The molecule has 1 saturated carbocycles. The van der Waals surface area contributed by atoms with E-state index in [1.165, 1.54) is 0 Å². The molecule has 0 aromatic heterocycles.